The summed E-state index contributed by atoms with van der Waals surface area (Å²) >= 11 is 0. The topological polar surface area (TPSA) is 109 Å². The molecule has 0 spiro atoms. The van der Waals surface area contributed by atoms with Gasteiger partial charge in [0.15, 0.2) is 0 Å². The smallest absolute Gasteiger partial charge is 0.325 e. The number of benzene rings is 1. The van der Waals surface area contributed by atoms with Crippen molar-refractivity contribution in [1.82, 2.24) is 9.88 Å². The average molecular weight is 541 g/mol. The monoisotopic (exact) mass is 540 g/mol. The van der Waals surface area contributed by atoms with Crippen LogP contribution in [0.4, 0.5) is 0 Å². The molecule has 1 aliphatic carbocycles. The van der Waals surface area contributed by atoms with Crippen molar-refractivity contribution in [3.63, 3.8) is 0 Å². The summed E-state index contributed by atoms with van der Waals surface area (Å²) in [6, 6.07) is 11.6. The zero-order valence-electron chi connectivity index (χ0n) is 23.6. The van der Waals surface area contributed by atoms with Crippen molar-refractivity contribution >= 4 is 12.4 Å². The molecule has 1 aromatic carbocycles. The number of carboxylic acids is 1. The molecule has 1 saturated heterocycles. The number of nitrogens with zero attached hydrogens (tertiary/aromatic N) is 2. The molecule has 0 radical (unpaired) electrons. The molecule has 1 aliphatic heterocycles. The van der Waals surface area contributed by atoms with Gasteiger partial charge >= 0.3 is 5.97 Å². The van der Waals surface area contributed by atoms with Gasteiger partial charge in [0, 0.05) is 31.1 Å². The molecule has 1 aromatic heterocycles. The minimum atomic E-state index is -0.822. The van der Waals surface area contributed by atoms with E-state index in [0.717, 1.165) is 43.2 Å². The van der Waals surface area contributed by atoms with Gasteiger partial charge < -0.3 is 19.7 Å². The molecule has 4 rings (SSSR count). The molecule has 0 amide bonds. The number of aryl methyl sites for hydroxylation is 3. The van der Waals surface area contributed by atoms with E-state index in [4.69, 9.17) is 24.4 Å². The highest BCUT2D eigenvalue weighted by atomic mass is 16.5. The molecule has 0 saturated carbocycles. The molecular weight excluding hydrogens is 496 g/mol. The van der Waals surface area contributed by atoms with Gasteiger partial charge in [-0.2, -0.15) is 0 Å². The third-order valence-corrected chi connectivity index (χ3v) is 7.40. The van der Waals surface area contributed by atoms with Gasteiger partial charge in [-0.3, -0.25) is 19.5 Å². The summed E-state index contributed by atoms with van der Waals surface area (Å²) in [5, 5.41) is 17.0. The Labute approximate surface area is 232 Å². The fourth-order valence-corrected chi connectivity index (χ4v) is 5.65. The predicted octanol–water partition coefficient (Wildman–Crippen LogP) is 5.39. The van der Waals surface area contributed by atoms with E-state index in [1.807, 2.05) is 49.9 Å². The van der Waals surface area contributed by atoms with E-state index < -0.39 is 12.0 Å². The standard InChI is InChI=1S/C30H42N2O4.CH2O2/c1-21(2)36-22(3)26-12-5-6-13-27(26)29(30(33)34)32-18-17-25(20-32)35-19-9-8-11-24-16-15-23-10-4-7-14-28(23)31-24;2-1-3/h5-6,12-13,15-16,21-22,25,29H,4,7-11,14,17-20H2,1-3H3,(H,33,34);1H,(H,2,3)/t22-,25-,29?;/m1./s1. The van der Waals surface area contributed by atoms with Crippen LogP contribution < -0.4 is 0 Å². The maximum absolute atomic E-state index is 12.4. The largest absolute Gasteiger partial charge is 0.483 e. The van der Waals surface area contributed by atoms with E-state index >= 15 is 0 Å². The Balaban J connectivity index is 0.00000134. The summed E-state index contributed by atoms with van der Waals surface area (Å²) in [6.45, 7) is 7.80. The normalized spacial score (nSPS) is 18.6. The highest BCUT2D eigenvalue weighted by Crippen LogP contribution is 2.33. The number of rotatable bonds is 12. The van der Waals surface area contributed by atoms with Gasteiger partial charge in [0.05, 0.1) is 18.3 Å². The van der Waals surface area contributed by atoms with Crippen molar-refractivity contribution < 1.29 is 29.3 Å². The van der Waals surface area contributed by atoms with Crippen LogP contribution in [0.1, 0.15) is 93.1 Å². The number of ether oxygens (including phenoxy) is 2. The minimum absolute atomic E-state index is 0.0731. The molecule has 8 heteroatoms. The summed E-state index contributed by atoms with van der Waals surface area (Å²) < 4.78 is 12.2. The Morgan fingerprint density at radius 2 is 1.82 bits per heavy atom. The zero-order chi connectivity index (χ0) is 28.2. The highest BCUT2D eigenvalue weighted by Gasteiger charge is 2.35. The number of carbonyl (C=O) groups is 2. The molecule has 2 heterocycles. The maximum atomic E-state index is 12.4. The Morgan fingerprint density at radius 1 is 1.10 bits per heavy atom. The van der Waals surface area contributed by atoms with Crippen LogP contribution in [0.2, 0.25) is 0 Å². The first-order chi connectivity index (χ1) is 18.8. The molecular formula is C31H44N2O6. The summed E-state index contributed by atoms with van der Waals surface area (Å²) in [6.07, 6.45) is 8.72. The van der Waals surface area contributed by atoms with E-state index in [2.05, 4.69) is 12.1 Å². The number of hydrogen-bond acceptors (Lipinski definition) is 6. The van der Waals surface area contributed by atoms with Gasteiger partial charge in [-0.25, -0.2) is 0 Å². The number of likely N-dealkylation sites (tertiary alicyclic amines) is 1. The second-order valence-electron chi connectivity index (χ2n) is 10.7. The molecule has 2 aromatic rings. The van der Waals surface area contributed by atoms with Crippen molar-refractivity contribution in [2.75, 3.05) is 19.7 Å². The quantitative estimate of drug-likeness (QED) is 0.273. The number of unbranched alkanes of at least 4 members (excludes halogenated alkanes) is 1. The molecule has 1 unspecified atom stereocenters. The van der Waals surface area contributed by atoms with Crippen LogP contribution >= 0.6 is 0 Å². The van der Waals surface area contributed by atoms with E-state index in [9.17, 15) is 9.90 Å². The molecule has 0 bridgehead atoms. The van der Waals surface area contributed by atoms with Gasteiger partial charge in [0.25, 0.3) is 6.47 Å². The zero-order valence-corrected chi connectivity index (χ0v) is 23.6. The van der Waals surface area contributed by atoms with Gasteiger partial charge in [-0.1, -0.05) is 30.3 Å². The lowest BCUT2D eigenvalue weighted by molar-refractivity contribution is -0.143. The van der Waals surface area contributed by atoms with Crippen molar-refractivity contribution in [3.05, 3.63) is 64.5 Å². The number of aromatic nitrogens is 1. The number of pyridine rings is 1. The van der Waals surface area contributed by atoms with Crippen LogP contribution in [0, 0.1) is 0 Å². The third kappa shape index (κ3) is 9.12. The molecule has 39 heavy (non-hydrogen) atoms. The number of fused-ring (bicyclic) bond motifs is 1. The van der Waals surface area contributed by atoms with E-state index in [-0.39, 0.29) is 24.8 Å². The van der Waals surface area contributed by atoms with Gasteiger partial charge in [-0.15, -0.1) is 0 Å². The molecule has 3 atom stereocenters. The average Bonchev–Trinajstić information content (AvgIpc) is 3.37. The van der Waals surface area contributed by atoms with Crippen molar-refractivity contribution in [2.45, 2.75) is 96.5 Å². The first kappa shape index (κ1) is 30.7. The first-order valence-corrected chi connectivity index (χ1v) is 14.2. The van der Waals surface area contributed by atoms with Crippen LogP contribution in [0.25, 0.3) is 0 Å². The summed E-state index contributed by atoms with van der Waals surface area (Å²) in [4.78, 5) is 27.7. The SMILES string of the molecule is CC(C)O[C@H](C)c1ccccc1C(C(=O)O)N1CC[C@@H](OCCCCc2ccc3c(n2)CCCC3)C1.O=CO. The summed E-state index contributed by atoms with van der Waals surface area (Å²) in [5.41, 5.74) is 5.69. The lowest BCUT2D eigenvalue weighted by Crippen LogP contribution is -2.34. The molecule has 8 nitrogen and oxygen atoms in total. The van der Waals surface area contributed by atoms with Crippen LogP contribution in [0.5, 0.6) is 0 Å². The van der Waals surface area contributed by atoms with E-state index in [0.29, 0.717) is 19.7 Å². The predicted molar refractivity (Wildman–Crippen MR) is 150 cm³/mol. The lowest BCUT2D eigenvalue weighted by Gasteiger charge is -2.28. The van der Waals surface area contributed by atoms with Crippen LogP contribution in [-0.4, -0.2) is 64.4 Å². The van der Waals surface area contributed by atoms with Crippen LogP contribution in [0.15, 0.2) is 36.4 Å². The maximum Gasteiger partial charge on any atom is 0.325 e. The Kier molecular flexibility index (Phi) is 12.4. The van der Waals surface area contributed by atoms with Gasteiger partial charge in [-0.05, 0) is 94.9 Å². The van der Waals surface area contributed by atoms with E-state index in [1.165, 1.54) is 36.2 Å². The van der Waals surface area contributed by atoms with Crippen LogP contribution in [-0.2, 0) is 38.3 Å². The summed E-state index contributed by atoms with van der Waals surface area (Å²) in [7, 11) is 0. The van der Waals surface area contributed by atoms with Crippen molar-refractivity contribution in [3.8, 4) is 0 Å². The summed E-state index contributed by atoms with van der Waals surface area (Å²) in [5.74, 6) is -0.822. The first-order valence-electron chi connectivity index (χ1n) is 14.2. The lowest BCUT2D eigenvalue weighted by atomic mass is 9.95. The second kappa shape index (κ2) is 15.7. The number of carboxylic acid groups (broad SMARTS) is 2. The minimum Gasteiger partial charge on any atom is -0.483 e. The molecule has 2 N–H and O–H groups in total. The van der Waals surface area contributed by atoms with Crippen LogP contribution in [0.3, 0.4) is 0 Å². The number of hydrogen-bond donors (Lipinski definition) is 2. The Morgan fingerprint density at radius 3 is 2.54 bits per heavy atom. The number of aliphatic carboxylic acids is 1. The Hall–Kier alpha value is -2.81. The highest BCUT2D eigenvalue weighted by molar-refractivity contribution is 5.76. The second-order valence-corrected chi connectivity index (χ2v) is 10.7. The van der Waals surface area contributed by atoms with Crippen molar-refractivity contribution in [1.29, 1.82) is 0 Å². The third-order valence-electron chi connectivity index (χ3n) is 7.40. The van der Waals surface area contributed by atoms with Crippen molar-refractivity contribution in [2.24, 2.45) is 0 Å². The molecule has 1 fully saturated rings. The fourth-order valence-electron chi connectivity index (χ4n) is 5.65. The Bertz CT molecular complexity index is 1060. The van der Waals surface area contributed by atoms with Gasteiger partial charge in [0.2, 0.25) is 0 Å². The van der Waals surface area contributed by atoms with E-state index in [1.54, 1.807) is 0 Å². The fraction of sp³-hybridized carbons (Fsp3) is 0.581. The molecule has 2 aliphatic rings. The van der Waals surface area contributed by atoms with Gasteiger partial charge in [0.1, 0.15) is 6.04 Å². The molecule has 214 valence electrons.